The number of rotatable bonds is 10. The number of carboxylic acids is 2. The Morgan fingerprint density at radius 3 is 2.73 bits per heavy atom. The highest BCUT2D eigenvalue weighted by Gasteiger charge is 2.54. The minimum atomic E-state index is -1.32. The van der Waals surface area contributed by atoms with Crippen LogP contribution in [0, 0.1) is 0 Å². The van der Waals surface area contributed by atoms with Crippen molar-refractivity contribution >= 4 is 74.8 Å². The van der Waals surface area contributed by atoms with Gasteiger partial charge in [-0.05, 0) is 16.0 Å². The molecule has 2 aromatic heterocycles. The predicted molar refractivity (Wildman–Crippen MR) is 131 cm³/mol. The Bertz CT molecular complexity index is 1370. The molecule has 0 aromatic carbocycles. The van der Waals surface area contributed by atoms with Gasteiger partial charge in [0.2, 0.25) is 6.61 Å². The van der Waals surface area contributed by atoms with Crippen molar-refractivity contribution in [1.82, 2.24) is 35.4 Å². The molecule has 5 N–H and O–H groups in total. The van der Waals surface area contributed by atoms with Crippen molar-refractivity contribution in [2.75, 3.05) is 18.1 Å². The van der Waals surface area contributed by atoms with Gasteiger partial charge in [-0.15, -0.1) is 28.2 Å². The van der Waals surface area contributed by atoms with Crippen LogP contribution in [0.25, 0.3) is 0 Å². The second kappa shape index (κ2) is 10.6. The summed E-state index contributed by atoms with van der Waals surface area (Å²) in [5.41, 5.74) is 5.43. The third kappa shape index (κ3) is 5.27. The smallest absolute Gasteiger partial charge is 0.352 e. The largest absolute Gasteiger partial charge is 0.479 e. The minimum absolute atomic E-state index is 0.0190. The minimum Gasteiger partial charge on any atom is -0.479 e. The summed E-state index contributed by atoms with van der Waals surface area (Å²) in [4.78, 5) is 58.8. The first-order valence-electron chi connectivity index (χ1n) is 10.2. The lowest BCUT2D eigenvalue weighted by molar-refractivity contribution is -0.150. The van der Waals surface area contributed by atoms with Gasteiger partial charge in [0, 0.05) is 24.6 Å². The van der Waals surface area contributed by atoms with Crippen molar-refractivity contribution in [3.8, 4) is 0 Å². The fraction of sp³-hybridized carbons (Fsp3) is 0.333. The van der Waals surface area contributed by atoms with E-state index >= 15 is 0 Å². The Kier molecular flexibility index (Phi) is 7.45. The van der Waals surface area contributed by atoms with Crippen molar-refractivity contribution in [3.05, 3.63) is 28.2 Å². The van der Waals surface area contributed by atoms with E-state index in [0.29, 0.717) is 16.3 Å². The monoisotopic (exact) mass is 567 g/mol. The SMILES string of the molecule is Cn1nnnc1C(=S)CC1=C(C(=O)O)N2C(=O)C(NC(=O)C(=NOCC(=O)O)c3csc(N)n3)C2SC1. The Morgan fingerprint density at radius 1 is 1.38 bits per heavy atom. The van der Waals surface area contributed by atoms with E-state index in [2.05, 4.69) is 35.8 Å². The molecule has 194 valence electrons. The number of aliphatic carboxylic acids is 2. The van der Waals surface area contributed by atoms with Crippen LogP contribution >= 0.6 is 35.3 Å². The van der Waals surface area contributed by atoms with E-state index in [1.54, 1.807) is 7.05 Å². The van der Waals surface area contributed by atoms with Crippen LogP contribution in [0.2, 0.25) is 0 Å². The first-order valence-corrected chi connectivity index (χ1v) is 12.5. The van der Waals surface area contributed by atoms with E-state index in [0.717, 1.165) is 16.2 Å². The highest BCUT2D eigenvalue weighted by Crippen LogP contribution is 2.41. The van der Waals surface area contributed by atoms with Gasteiger partial charge in [-0.1, -0.05) is 17.4 Å². The number of nitrogen functional groups attached to an aromatic ring is 1. The Balaban J connectivity index is 1.52. The van der Waals surface area contributed by atoms with Crippen LogP contribution in [0.3, 0.4) is 0 Å². The van der Waals surface area contributed by atoms with Crippen molar-refractivity contribution in [2.45, 2.75) is 17.8 Å². The maximum atomic E-state index is 13.0. The van der Waals surface area contributed by atoms with Crippen LogP contribution < -0.4 is 11.1 Å². The summed E-state index contributed by atoms with van der Waals surface area (Å²) >= 11 is 7.63. The van der Waals surface area contributed by atoms with Gasteiger partial charge in [-0.3, -0.25) is 14.5 Å². The fourth-order valence-corrected chi connectivity index (χ4v) is 5.76. The summed E-state index contributed by atoms with van der Waals surface area (Å²) in [6, 6.07) is -1.08. The predicted octanol–water partition coefficient (Wildman–Crippen LogP) is -1.40. The van der Waals surface area contributed by atoms with Crippen molar-refractivity contribution in [2.24, 2.45) is 12.2 Å². The van der Waals surface area contributed by atoms with Gasteiger partial charge in [0.25, 0.3) is 11.8 Å². The molecular formula is C18H17N9O7S3. The number of nitrogens with one attached hydrogen (secondary N) is 1. The number of carbonyl (C=O) groups excluding carboxylic acids is 2. The number of aromatic nitrogens is 5. The number of anilines is 1. The van der Waals surface area contributed by atoms with Crippen LogP contribution in [0.1, 0.15) is 17.9 Å². The summed E-state index contributed by atoms with van der Waals surface area (Å²) in [5.74, 6) is -3.65. The maximum absolute atomic E-state index is 13.0. The Hall–Kier alpha value is -3.97. The third-order valence-electron chi connectivity index (χ3n) is 5.10. The number of carbonyl (C=O) groups is 4. The number of amides is 2. The van der Waals surface area contributed by atoms with Crippen LogP contribution in [0.5, 0.6) is 0 Å². The van der Waals surface area contributed by atoms with E-state index in [1.807, 2.05) is 0 Å². The number of hydrogen-bond acceptors (Lipinski definition) is 14. The number of β-lactam (4-membered cyclic amide) rings is 1. The van der Waals surface area contributed by atoms with E-state index in [4.69, 9.17) is 23.1 Å². The van der Waals surface area contributed by atoms with Crippen LogP contribution in [-0.2, 0) is 31.1 Å². The average Bonchev–Trinajstić information content (AvgIpc) is 3.47. The van der Waals surface area contributed by atoms with Crippen LogP contribution in [-0.4, -0.2) is 98.4 Å². The van der Waals surface area contributed by atoms with Gasteiger partial charge < -0.3 is 26.1 Å². The molecule has 2 atom stereocenters. The molecule has 0 radical (unpaired) electrons. The zero-order valence-electron chi connectivity index (χ0n) is 18.7. The topological polar surface area (TPSA) is 228 Å². The molecule has 4 heterocycles. The molecule has 16 nitrogen and oxygen atoms in total. The first kappa shape index (κ1) is 26.1. The molecule has 2 amide bonds. The summed E-state index contributed by atoms with van der Waals surface area (Å²) in [5, 5.41) is 36.5. The van der Waals surface area contributed by atoms with Gasteiger partial charge in [0.05, 0.1) is 4.86 Å². The summed E-state index contributed by atoms with van der Waals surface area (Å²) in [6.07, 6.45) is 0.0503. The fourth-order valence-electron chi connectivity index (χ4n) is 3.52. The Labute approximate surface area is 220 Å². The average molecular weight is 568 g/mol. The van der Waals surface area contributed by atoms with E-state index < -0.39 is 47.5 Å². The van der Waals surface area contributed by atoms with Gasteiger partial charge in [-0.2, -0.15) is 0 Å². The molecule has 1 fully saturated rings. The zero-order chi connectivity index (χ0) is 26.9. The Morgan fingerprint density at radius 2 is 2.14 bits per heavy atom. The normalized spacial score (nSPS) is 19.2. The molecule has 19 heteroatoms. The van der Waals surface area contributed by atoms with E-state index in [1.165, 1.54) is 21.8 Å². The molecule has 0 spiro atoms. The number of nitrogens with zero attached hydrogens (tertiary/aromatic N) is 7. The molecule has 37 heavy (non-hydrogen) atoms. The molecule has 0 saturated carbocycles. The van der Waals surface area contributed by atoms with Crippen molar-refractivity contribution < 1.29 is 34.2 Å². The van der Waals surface area contributed by atoms with E-state index in [-0.39, 0.29) is 28.7 Å². The number of aryl methyl sites for hydroxylation is 1. The molecule has 4 rings (SSSR count). The number of fused-ring (bicyclic) bond motifs is 1. The third-order valence-corrected chi connectivity index (χ3v) is 7.44. The number of hydrogen-bond donors (Lipinski definition) is 4. The maximum Gasteiger partial charge on any atom is 0.352 e. The lowest BCUT2D eigenvalue weighted by Crippen LogP contribution is -2.71. The summed E-state index contributed by atoms with van der Waals surface area (Å²) in [6.45, 7) is -0.813. The number of nitrogens with two attached hydrogens (primary N) is 1. The van der Waals surface area contributed by atoms with Crippen molar-refractivity contribution in [3.63, 3.8) is 0 Å². The van der Waals surface area contributed by atoms with Gasteiger partial charge in [-0.25, -0.2) is 19.3 Å². The highest BCUT2D eigenvalue weighted by atomic mass is 32.2. The summed E-state index contributed by atoms with van der Waals surface area (Å²) in [7, 11) is 1.59. The number of thiazole rings is 1. The number of tetrazole rings is 1. The molecule has 2 unspecified atom stereocenters. The highest BCUT2D eigenvalue weighted by molar-refractivity contribution is 8.00. The van der Waals surface area contributed by atoms with E-state index in [9.17, 15) is 24.3 Å². The van der Waals surface area contributed by atoms with Crippen molar-refractivity contribution in [1.29, 1.82) is 0 Å². The lowest BCUT2D eigenvalue weighted by atomic mass is 10.00. The van der Waals surface area contributed by atoms with Gasteiger partial charge in [0.1, 0.15) is 22.8 Å². The molecule has 2 aliphatic heterocycles. The quantitative estimate of drug-likeness (QED) is 0.0851. The molecule has 0 bridgehead atoms. The number of thiocarbonyl (C=S) groups is 1. The van der Waals surface area contributed by atoms with Gasteiger partial charge >= 0.3 is 11.9 Å². The number of oxime groups is 1. The summed E-state index contributed by atoms with van der Waals surface area (Å²) < 4.78 is 1.36. The second-order valence-electron chi connectivity index (χ2n) is 7.52. The van der Waals surface area contributed by atoms with Gasteiger partial charge in [0.15, 0.2) is 16.7 Å². The molecule has 0 aliphatic carbocycles. The molecule has 1 saturated heterocycles. The van der Waals surface area contributed by atoms with Crippen LogP contribution in [0.15, 0.2) is 21.8 Å². The molecular weight excluding hydrogens is 550 g/mol. The second-order valence-corrected chi connectivity index (χ2v) is 10.0. The van der Waals surface area contributed by atoms with Crippen LogP contribution in [0.4, 0.5) is 5.13 Å². The number of thioether (sulfide) groups is 1. The lowest BCUT2D eigenvalue weighted by Gasteiger charge is -2.49. The molecule has 2 aromatic rings. The first-order chi connectivity index (χ1) is 17.6. The number of carboxylic acid groups (broad SMARTS) is 2. The molecule has 2 aliphatic rings. The zero-order valence-corrected chi connectivity index (χ0v) is 21.2. The standard InChI is InChI=1S/C18H17N9O7S3/c1-26-13(22-24-25-26)8(35)2-6-4-36-16-11(15(31)27(16)12(6)17(32)33)21-14(30)10(23-34-3-9(28)29)7-5-37-18(19)20-7/h5,11,16H,2-4H2,1H3,(H2,19,20)(H,21,30)(H,28,29)(H,32,33).